The molecule has 10 heteroatoms. The van der Waals surface area contributed by atoms with E-state index in [4.69, 9.17) is 11.5 Å². The third-order valence-corrected chi connectivity index (χ3v) is 6.27. The van der Waals surface area contributed by atoms with Crippen LogP contribution in [-0.4, -0.2) is 66.4 Å². The second-order valence-electron chi connectivity index (χ2n) is 9.20. The predicted octanol–water partition coefficient (Wildman–Crippen LogP) is 1.39. The Kier molecular flexibility index (Phi) is 14.5. The number of halogens is 1. The fraction of sp³-hybridized carbons (Fsp3) is 0.444. The average molecular weight is 533 g/mol. The van der Waals surface area contributed by atoms with Crippen molar-refractivity contribution in [2.75, 3.05) is 33.2 Å². The summed E-state index contributed by atoms with van der Waals surface area (Å²) in [6, 6.07) is 20.5. The Labute approximate surface area is 226 Å². The number of nitrogens with zero attached hydrogens (tertiary/aromatic N) is 2. The van der Waals surface area contributed by atoms with Crippen LogP contribution < -0.4 is 22.5 Å². The number of primary amides is 2. The van der Waals surface area contributed by atoms with Gasteiger partial charge in [0.1, 0.15) is 0 Å². The van der Waals surface area contributed by atoms with Crippen LogP contribution in [0.2, 0.25) is 0 Å². The van der Waals surface area contributed by atoms with Crippen LogP contribution in [0, 0.1) is 0 Å². The van der Waals surface area contributed by atoms with Gasteiger partial charge in [-0.05, 0) is 43.9 Å². The van der Waals surface area contributed by atoms with Crippen molar-refractivity contribution in [1.29, 1.82) is 0 Å². The van der Waals surface area contributed by atoms with Crippen LogP contribution in [0.4, 0.5) is 0 Å². The zero-order valence-corrected chi connectivity index (χ0v) is 22.4. The lowest BCUT2D eigenvalue weighted by molar-refractivity contribution is -0.119. The first kappa shape index (κ1) is 32.0. The van der Waals surface area contributed by atoms with Gasteiger partial charge in [0.2, 0.25) is 17.7 Å². The molecule has 3 amide bonds. The van der Waals surface area contributed by atoms with Gasteiger partial charge in [0.05, 0.1) is 18.8 Å². The maximum absolute atomic E-state index is 11.8. The largest absolute Gasteiger partial charge is 0.370 e. The third kappa shape index (κ3) is 11.7. The van der Waals surface area contributed by atoms with Gasteiger partial charge >= 0.3 is 0 Å². The summed E-state index contributed by atoms with van der Waals surface area (Å²) in [7, 11) is 2.14. The number of benzene rings is 2. The number of piperidine rings is 1. The number of hydrogen-bond donors (Lipinski definition) is 4. The van der Waals surface area contributed by atoms with Crippen molar-refractivity contribution in [2.24, 2.45) is 17.2 Å². The van der Waals surface area contributed by atoms with Crippen molar-refractivity contribution in [3.8, 4) is 0 Å². The number of hydrogen-bond acceptors (Lipinski definition) is 6. The molecular formula is C27H41ClN6O3. The van der Waals surface area contributed by atoms with E-state index >= 15 is 0 Å². The molecule has 2 saturated heterocycles. The molecule has 37 heavy (non-hydrogen) atoms. The number of aryl methyl sites for hydroxylation is 1. The zero-order chi connectivity index (χ0) is 26.4. The number of likely N-dealkylation sites (tertiary alicyclic amines) is 1. The van der Waals surface area contributed by atoms with Gasteiger partial charge in [0, 0.05) is 26.1 Å². The molecule has 7 N–H and O–H groups in total. The van der Waals surface area contributed by atoms with E-state index in [0.29, 0.717) is 13.0 Å². The SMILES string of the molecule is CN1CCC2(CC1)NC(=O)CN2Cc1ccccc1.Cl.NC(=O)CCCc1ccccc1.NCC(N)=O. The Hall–Kier alpha value is -2.98. The predicted molar refractivity (Wildman–Crippen MR) is 149 cm³/mol. The molecule has 2 heterocycles. The minimum atomic E-state index is -0.468. The van der Waals surface area contributed by atoms with E-state index in [9.17, 15) is 14.4 Å². The monoisotopic (exact) mass is 532 g/mol. The second-order valence-corrected chi connectivity index (χ2v) is 9.20. The van der Waals surface area contributed by atoms with E-state index in [-0.39, 0.29) is 36.4 Å². The summed E-state index contributed by atoms with van der Waals surface area (Å²) in [4.78, 5) is 36.4. The van der Waals surface area contributed by atoms with Crippen molar-refractivity contribution in [3.05, 3.63) is 71.8 Å². The van der Waals surface area contributed by atoms with E-state index in [2.05, 4.69) is 64.3 Å². The number of nitrogens with one attached hydrogen (secondary N) is 1. The molecule has 0 radical (unpaired) electrons. The summed E-state index contributed by atoms with van der Waals surface area (Å²) in [5.41, 5.74) is 16.7. The minimum Gasteiger partial charge on any atom is -0.370 e. The number of amides is 3. The highest BCUT2D eigenvalue weighted by Gasteiger charge is 2.45. The average Bonchev–Trinajstić information content (AvgIpc) is 3.17. The first-order valence-electron chi connectivity index (χ1n) is 12.3. The lowest BCUT2D eigenvalue weighted by atomic mass is 9.96. The van der Waals surface area contributed by atoms with Crippen molar-refractivity contribution in [3.63, 3.8) is 0 Å². The number of carbonyl (C=O) groups excluding carboxylic acids is 3. The fourth-order valence-corrected chi connectivity index (χ4v) is 4.25. The highest BCUT2D eigenvalue weighted by atomic mass is 35.5. The standard InChI is InChI=1S/C15H21N3O.C10H13NO.C2H6N2O.ClH/c1-17-9-7-15(8-10-17)16-14(19)12-18(15)11-13-5-3-2-4-6-13;11-10(12)8-4-7-9-5-2-1-3-6-9;3-1-2(4)5;/h2-6H,7-12H2,1H3,(H,16,19);1-3,5-6H,4,7-8H2,(H2,11,12);1,3H2,(H2,4,5);1H. The van der Waals surface area contributed by atoms with Crippen LogP contribution in [0.15, 0.2) is 60.7 Å². The molecular weight excluding hydrogens is 492 g/mol. The molecule has 2 aromatic carbocycles. The van der Waals surface area contributed by atoms with Crippen molar-refractivity contribution in [1.82, 2.24) is 15.1 Å². The zero-order valence-electron chi connectivity index (χ0n) is 21.6. The van der Waals surface area contributed by atoms with E-state index in [1.807, 2.05) is 24.3 Å². The number of nitrogens with two attached hydrogens (primary N) is 3. The molecule has 2 aliphatic heterocycles. The molecule has 1 spiro atoms. The van der Waals surface area contributed by atoms with Crippen molar-refractivity contribution < 1.29 is 14.4 Å². The molecule has 0 aliphatic carbocycles. The van der Waals surface area contributed by atoms with Crippen LogP contribution in [0.5, 0.6) is 0 Å². The molecule has 2 fully saturated rings. The fourth-order valence-electron chi connectivity index (χ4n) is 4.25. The highest BCUT2D eigenvalue weighted by molar-refractivity contribution is 5.85. The Balaban J connectivity index is 0.000000328. The summed E-state index contributed by atoms with van der Waals surface area (Å²) in [6.07, 6.45) is 4.29. The third-order valence-electron chi connectivity index (χ3n) is 6.27. The molecule has 2 aliphatic rings. The molecule has 0 aromatic heterocycles. The molecule has 0 atom stereocenters. The van der Waals surface area contributed by atoms with Gasteiger partial charge < -0.3 is 27.4 Å². The maximum Gasteiger partial charge on any atom is 0.235 e. The normalized spacial score (nSPS) is 16.3. The molecule has 0 unspecified atom stereocenters. The van der Waals surface area contributed by atoms with Gasteiger partial charge in [-0.2, -0.15) is 0 Å². The van der Waals surface area contributed by atoms with Crippen LogP contribution in [-0.2, 0) is 27.3 Å². The Morgan fingerprint density at radius 1 is 0.919 bits per heavy atom. The molecule has 0 bridgehead atoms. The highest BCUT2D eigenvalue weighted by Crippen LogP contribution is 2.30. The molecule has 2 aromatic rings. The van der Waals surface area contributed by atoms with Gasteiger partial charge in [-0.1, -0.05) is 60.7 Å². The number of rotatable bonds is 7. The number of carbonyl (C=O) groups is 3. The lowest BCUT2D eigenvalue weighted by Crippen LogP contribution is -2.57. The molecule has 9 nitrogen and oxygen atoms in total. The quantitative estimate of drug-likeness (QED) is 0.423. The van der Waals surface area contributed by atoms with Crippen LogP contribution >= 0.6 is 12.4 Å². The summed E-state index contributed by atoms with van der Waals surface area (Å²) >= 11 is 0. The van der Waals surface area contributed by atoms with Gasteiger partial charge in [-0.25, -0.2) is 0 Å². The smallest absolute Gasteiger partial charge is 0.235 e. The Bertz CT molecular complexity index is 953. The summed E-state index contributed by atoms with van der Waals surface area (Å²) in [6.45, 7) is 3.42. The van der Waals surface area contributed by atoms with Gasteiger partial charge in [-0.15, -0.1) is 12.4 Å². The molecule has 4 rings (SSSR count). The topological polar surface area (TPSA) is 148 Å². The maximum atomic E-state index is 11.8. The van der Waals surface area contributed by atoms with Gasteiger partial charge in [-0.3, -0.25) is 19.3 Å². The van der Waals surface area contributed by atoms with Gasteiger partial charge in [0.15, 0.2) is 0 Å². The summed E-state index contributed by atoms with van der Waals surface area (Å²) in [5.74, 6) is -0.517. The second kappa shape index (κ2) is 16.7. The first-order chi connectivity index (χ1) is 17.2. The molecule has 0 saturated carbocycles. The van der Waals surface area contributed by atoms with E-state index in [1.54, 1.807) is 0 Å². The minimum absolute atomic E-state index is 0. The van der Waals surface area contributed by atoms with Crippen molar-refractivity contribution >= 4 is 30.1 Å². The molecule has 204 valence electrons. The van der Waals surface area contributed by atoms with E-state index in [1.165, 1.54) is 11.1 Å². The Morgan fingerprint density at radius 2 is 1.43 bits per heavy atom. The van der Waals surface area contributed by atoms with Crippen LogP contribution in [0.3, 0.4) is 0 Å². The van der Waals surface area contributed by atoms with Crippen LogP contribution in [0.25, 0.3) is 0 Å². The lowest BCUT2D eigenvalue weighted by Gasteiger charge is -2.43. The summed E-state index contributed by atoms with van der Waals surface area (Å²) < 4.78 is 0. The van der Waals surface area contributed by atoms with E-state index in [0.717, 1.165) is 45.3 Å². The van der Waals surface area contributed by atoms with Crippen LogP contribution in [0.1, 0.15) is 36.8 Å². The first-order valence-corrected chi connectivity index (χ1v) is 12.3. The Morgan fingerprint density at radius 3 is 1.92 bits per heavy atom. The van der Waals surface area contributed by atoms with Gasteiger partial charge in [0.25, 0.3) is 0 Å². The summed E-state index contributed by atoms with van der Waals surface area (Å²) in [5, 5.41) is 3.22. The van der Waals surface area contributed by atoms with E-state index < -0.39 is 5.91 Å². The van der Waals surface area contributed by atoms with Crippen molar-refractivity contribution in [2.45, 2.75) is 44.3 Å².